The maximum absolute atomic E-state index is 13.1. The van der Waals surface area contributed by atoms with E-state index in [9.17, 15) is 8.42 Å². The molecule has 0 amide bonds. The molecule has 0 atom stereocenters. The number of rotatable bonds is 5. The van der Waals surface area contributed by atoms with E-state index in [-0.39, 0.29) is 28.9 Å². The maximum atomic E-state index is 13.1. The Kier molecular flexibility index (Phi) is 5.97. The lowest BCUT2D eigenvalue weighted by Gasteiger charge is -2.34. The Balaban J connectivity index is 0.00000225. The molecule has 2 fully saturated rings. The molecule has 9 nitrogen and oxygen atoms in total. The fourth-order valence-electron chi connectivity index (χ4n) is 3.26. The Hall–Kier alpha value is -1.72. The van der Waals surface area contributed by atoms with Crippen LogP contribution in [-0.2, 0) is 20.3 Å². The van der Waals surface area contributed by atoms with Gasteiger partial charge in [0.1, 0.15) is 10.6 Å². The molecule has 0 radical (unpaired) electrons. The number of hydrogen-bond acceptors (Lipinski definition) is 8. The summed E-state index contributed by atoms with van der Waals surface area (Å²) in [5, 5.41) is 3.99. The number of benzene rings is 1. The number of methoxy groups -OCH3 is 1. The minimum Gasteiger partial charge on any atom is -0.495 e. The van der Waals surface area contributed by atoms with Crippen LogP contribution in [0.15, 0.2) is 27.6 Å². The summed E-state index contributed by atoms with van der Waals surface area (Å²) in [6.45, 7) is 1.34. The summed E-state index contributed by atoms with van der Waals surface area (Å²) in [5.74, 6) is 0.958. The number of sulfonamides is 1. The quantitative estimate of drug-likeness (QED) is 0.757. The summed E-state index contributed by atoms with van der Waals surface area (Å²) in [4.78, 5) is 4.46. The smallest absolute Gasteiger partial charge is 0.258 e. The number of aromatic nitrogens is 2. The molecule has 1 aliphatic heterocycles. The molecule has 2 N–H and O–H groups in total. The first kappa shape index (κ1) is 21.0. The average Bonchev–Trinajstić information content (AvgIpc) is 3.17. The summed E-state index contributed by atoms with van der Waals surface area (Å²) in [7, 11) is -2.30. The molecule has 1 saturated carbocycles. The first-order chi connectivity index (χ1) is 12.9. The molecule has 0 unspecified atom stereocenters. The summed E-state index contributed by atoms with van der Waals surface area (Å²) < 4.78 is 43.4. The van der Waals surface area contributed by atoms with Gasteiger partial charge in [0, 0.05) is 18.7 Å². The molecule has 2 heterocycles. The Bertz CT molecular complexity index is 939. The molecule has 4 rings (SSSR count). The number of hydrogen-bond donors (Lipinski definition) is 1. The molecule has 0 spiro atoms. The van der Waals surface area contributed by atoms with Gasteiger partial charge >= 0.3 is 0 Å². The van der Waals surface area contributed by atoms with Gasteiger partial charge in [-0.3, -0.25) is 0 Å². The second-order valence-corrected chi connectivity index (χ2v) is 8.72. The van der Waals surface area contributed by atoms with E-state index in [0.717, 1.165) is 19.3 Å². The van der Waals surface area contributed by atoms with Crippen molar-refractivity contribution in [2.45, 2.75) is 29.7 Å². The third kappa shape index (κ3) is 3.62. The van der Waals surface area contributed by atoms with Crippen LogP contribution < -0.4 is 10.5 Å². The van der Waals surface area contributed by atoms with Crippen LogP contribution >= 0.6 is 12.4 Å². The zero-order chi connectivity index (χ0) is 19.1. The van der Waals surface area contributed by atoms with Crippen molar-refractivity contribution >= 4 is 22.4 Å². The number of ether oxygens (including phenoxy) is 2. The molecule has 2 aromatic rings. The van der Waals surface area contributed by atoms with E-state index in [0.29, 0.717) is 37.7 Å². The van der Waals surface area contributed by atoms with Gasteiger partial charge in [-0.05, 0) is 37.5 Å². The number of morpholine rings is 1. The monoisotopic (exact) mass is 430 g/mol. The van der Waals surface area contributed by atoms with Crippen molar-refractivity contribution in [3.63, 3.8) is 0 Å². The molecule has 1 saturated heterocycles. The van der Waals surface area contributed by atoms with Gasteiger partial charge < -0.3 is 19.7 Å². The van der Waals surface area contributed by atoms with Crippen molar-refractivity contribution in [1.82, 2.24) is 14.4 Å². The fourth-order valence-corrected chi connectivity index (χ4v) is 4.85. The lowest BCUT2D eigenvalue weighted by Crippen LogP contribution is -2.44. The van der Waals surface area contributed by atoms with Crippen LogP contribution in [0.5, 0.6) is 5.75 Å². The minimum absolute atomic E-state index is 0. The van der Waals surface area contributed by atoms with E-state index in [1.807, 2.05) is 0 Å². The molecule has 1 aliphatic carbocycles. The van der Waals surface area contributed by atoms with Crippen molar-refractivity contribution < 1.29 is 22.4 Å². The fraction of sp³-hybridized carbons (Fsp3) is 0.529. The van der Waals surface area contributed by atoms with Crippen molar-refractivity contribution in [1.29, 1.82) is 0 Å². The summed E-state index contributed by atoms with van der Waals surface area (Å²) >= 11 is 0. The second-order valence-electron chi connectivity index (χ2n) is 6.81. The molecular formula is C17H23ClN4O5S. The standard InChI is InChI=1S/C17H22N4O5S.ClH/c1-24-13-4-3-12(15-19-16(20-26-15)17(18)5-2-6-17)11-14(13)27(22,23)21-7-9-25-10-8-21;/h3-4,11H,2,5-10,18H2,1H3;1H. The zero-order valence-electron chi connectivity index (χ0n) is 15.5. The molecule has 154 valence electrons. The Morgan fingerprint density at radius 3 is 2.57 bits per heavy atom. The van der Waals surface area contributed by atoms with Gasteiger partial charge in [0.2, 0.25) is 10.0 Å². The van der Waals surface area contributed by atoms with E-state index in [1.165, 1.54) is 17.5 Å². The largest absolute Gasteiger partial charge is 0.495 e. The van der Waals surface area contributed by atoms with Crippen LogP contribution in [-0.4, -0.2) is 56.3 Å². The highest BCUT2D eigenvalue weighted by Crippen LogP contribution is 2.38. The summed E-state index contributed by atoms with van der Waals surface area (Å²) in [5.41, 5.74) is 6.20. The molecule has 2 aliphatic rings. The van der Waals surface area contributed by atoms with Crippen LogP contribution in [0.1, 0.15) is 25.1 Å². The average molecular weight is 431 g/mol. The van der Waals surface area contributed by atoms with E-state index < -0.39 is 15.6 Å². The van der Waals surface area contributed by atoms with E-state index in [1.54, 1.807) is 12.1 Å². The molecule has 11 heteroatoms. The predicted octanol–water partition coefficient (Wildman–Crippen LogP) is 1.53. The Morgan fingerprint density at radius 2 is 1.96 bits per heavy atom. The third-order valence-electron chi connectivity index (χ3n) is 5.12. The van der Waals surface area contributed by atoms with Crippen LogP contribution in [0.4, 0.5) is 0 Å². The van der Waals surface area contributed by atoms with Crippen LogP contribution in [0.2, 0.25) is 0 Å². The first-order valence-electron chi connectivity index (χ1n) is 8.83. The summed E-state index contributed by atoms with van der Waals surface area (Å²) in [6, 6.07) is 4.79. The highest BCUT2D eigenvalue weighted by atomic mass is 35.5. The van der Waals surface area contributed by atoms with Gasteiger partial charge in [0.15, 0.2) is 5.82 Å². The normalized spacial score (nSPS) is 19.5. The molecule has 28 heavy (non-hydrogen) atoms. The minimum atomic E-state index is -3.74. The molecule has 1 aromatic carbocycles. The van der Waals surface area contributed by atoms with Crippen LogP contribution in [0.3, 0.4) is 0 Å². The lowest BCUT2D eigenvalue weighted by atomic mass is 9.77. The summed E-state index contributed by atoms with van der Waals surface area (Å²) in [6.07, 6.45) is 2.65. The van der Waals surface area contributed by atoms with Crippen molar-refractivity contribution in [3.8, 4) is 17.2 Å². The van der Waals surface area contributed by atoms with Crippen molar-refractivity contribution in [3.05, 3.63) is 24.0 Å². The van der Waals surface area contributed by atoms with Gasteiger partial charge in [0.05, 0.1) is 25.9 Å². The molecular weight excluding hydrogens is 408 g/mol. The van der Waals surface area contributed by atoms with Gasteiger partial charge in [-0.15, -0.1) is 12.4 Å². The van der Waals surface area contributed by atoms with Crippen molar-refractivity contribution in [2.75, 3.05) is 33.4 Å². The zero-order valence-corrected chi connectivity index (χ0v) is 17.1. The Morgan fingerprint density at radius 1 is 1.25 bits per heavy atom. The number of nitrogens with zero attached hydrogens (tertiary/aromatic N) is 3. The van der Waals surface area contributed by atoms with E-state index >= 15 is 0 Å². The highest BCUT2D eigenvalue weighted by molar-refractivity contribution is 7.89. The first-order valence-corrected chi connectivity index (χ1v) is 10.3. The second kappa shape index (κ2) is 7.96. The van der Waals surface area contributed by atoms with Crippen molar-refractivity contribution in [2.24, 2.45) is 5.73 Å². The Labute approximate surface area is 169 Å². The van der Waals surface area contributed by atoms with Gasteiger partial charge in [0.25, 0.3) is 5.89 Å². The molecule has 0 bridgehead atoms. The van der Waals surface area contributed by atoms with E-state index in [4.69, 9.17) is 19.7 Å². The highest BCUT2D eigenvalue weighted by Gasteiger charge is 2.39. The van der Waals surface area contributed by atoms with E-state index in [2.05, 4.69) is 10.1 Å². The SMILES string of the molecule is COc1ccc(-c2nc(C3(N)CCC3)no2)cc1S(=O)(=O)N1CCOCC1.Cl. The maximum Gasteiger partial charge on any atom is 0.258 e. The molecule has 1 aromatic heterocycles. The number of halogens is 1. The van der Waals surface area contributed by atoms with Crippen LogP contribution in [0, 0.1) is 0 Å². The predicted molar refractivity (Wildman–Crippen MR) is 103 cm³/mol. The van der Waals surface area contributed by atoms with Gasteiger partial charge in [-0.25, -0.2) is 8.42 Å². The number of nitrogens with two attached hydrogens (primary N) is 1. The lowest BCUT2D eigenvalue weighted by molar-refractivity contribution is 0.0729. The van der Waals surface area contributed by atoms with Crippen LogP contribution in [0.25, 0.3) is 11.5 Å². The van der Waals surface area contributed by atoms with Gasteiger partial charge in [-0.2, -0.15) is 9.29 Å². The van der Waals surface area contributed by atoms with Gasteiger partial charge in [-0.1, -0.05) is 5.16 Å². The topological polar surface area (TPSA) is 121 Å². The third-order valence-corrected chi connectivity index (χ3v) is 7.04.